The summed E-state index contributed by atoms with van der Waals surface area (Å²) >= 11 is 0. The summed E-state index contributed by atoms with van der Waals surface area (Å²) in [5, 5.41) is 0. The molecule has 6 heteroatoms. The van der Waals surface area contributed by atoms with E-state index >= 15 is 0 Å². The maximum Gasteiger partial charge on any atom is 0.337 e. The van der Waals surface area contributed by atoms with Gasteiger partial charge in [-0.25, -0.2) is 9.59 Å². The van der Waals surface area contributed by atoms with Crippen LogP contribution in [0.5, 0.6) is 0 Å². The SMILES string of the molecule is COC(=O)c1ccc(N2CC3(CCC(c4ccccc4)(N(C)C)CC3)N(CC3CCC3)C2=O)cc1. The highest BCUT2D eigenvalue weighted by Crippen LogP contribution is 2.50. The molecule has 1 saturated heterocycles. The van der Waals surface area contributed by atoms with Gasteiger partial charge in [-0.2, -0.15) is 0 Å². The lowest BCUT2D eigenvalue weighted by Crippen LogP contribution is -2.56. The molecule has 2 aromatic rings. The molecule has 1 heterocycles. The van der Waals surface area contributed by atoms with Crippen LogP contribution in [0.15, 0.2) is 54.6 Å². The Bertz CT molecular complexity index is 1050. The molecule has 0 radical (unpaired) electrons. The summed E-state index contributed by atoms with van der Waals surface area (Å²) in [6.07, 6.45) is 7.72. The second kappa shape index (κ2) is 9.30. The number of carbonyl (C=O) groups excluding carboxylic acids is 2. The molecule has 2 aromatic carbocycles. The van der Waals surface area contributed by atoms with E-state index in [0.29, 0.717) is 18.0 Å². The lowest BCUT2D eigenvalue weighted by molar-refractivity contribution is 0.0172. The number of anilines is 1. The van der Waals surface area contributed by atoms with Gasteiger partial charge < -0.3 is 9.64 Å². The zero-order valence-electron chi connectivity index (χ0n) is 21.2. The molecule has 1 spiro atoms. The fourth-order valence-corrected chi connectivity index (χ4v) is 6.40. The fourth-order valence-electron chi connectivity index (χ4n) is 6.40. The van der Waals surface area contributed by atoms with Crippen molar-refractivity contribution >= 4 is 17.7 Å². The first-order valence-electron chi connectivity index (χ1n) is 12.9. The first kappa shape index (κ1) is 23.9. The molecular formula is C29H37N3O3. The van der Waals surface area contributed by atoms with Crippen LogP contribution in [0.2, 0.25) is 0 Å². The summed E-state index contributed by atoms with van der Waals surface area (Å²) < 4.78 is 4.84. The fraction of sp³-hybridized carbons (Fsp3) is 0.517. The average molecular weight is 476 g/mol. The minimum Gasteiger partial charge on any atom is -0.465 e. The number of benzene rings is 2. The van der Waals surface area contributed by atoms with Crippen molar-refractivity contribution in [2.45, 2.75) is 56.0 Å². The minimum atomic E-state index is -0.361. The highest BCUT2D eigenvalue weighted by molar-refractivity contribution is 5.96. The van der Waals surface area contributed by atoms with Gasteiger partial charge in [0.25, 0.3) is 0 Å². The maximum atomic E-state index is 13.8. The topological polar surface area (TPSA) is 53.1 Å². The van der Waals surface area contributed by atoms with Crippen LogP contribution in [0.3, 0.4) is 0 Å². The number of carbonyl (C=O) groups is 2. The van der Waals surface area contributed by atoms with Crippen molar-refractivity contribution in [1.29, 1.82) is 0 Å². The van der Waals surface area contributed by atoms with Gasteiger partial charge in [-0.1, -0.05) is 36.8 Å². The van der Waals surface area contributed by atoms with E-state index in [-0.39, 0.29) is 23.1 Å². The molecule has 3 fully saturated rings. The summed E-state index contributed by atoms with van der Waals surface area (Å²) in [6.45, 7) is 1.56. The minimum absolute atomic E-state index is 0.00667. The number of methoxy groups -OCH3 is 1. The average Bonchev–Trinajstić information content (AvgIpc) is 3.12. The summed E-state index contributed by atoms with van der Waals surface area (Å²) in [7, 11) is 5.76. The predicted molar refractivity (Wildman–Crippen MR) is 138 cm³/mol. The molecule has 0 N–H and O–H groups in total. The van der Waals surface area contributed by atoms with Gasteiger partial charge in [-0.05, 0) is 88.4 Å². The van der Waals surface area contributed by atoms with E-state index in [9.17, 15) is 9.59 Å². The van der Waals surface area contributed by atoms with Crippen molar-refractivity contribution in [2.24, 2.45) is 5.92 Å². The molecule has 0 aromatic heterocycles. The predicted octanol–water partition coefficient (Wildman–Crippen LogP) is 5.29. The molecular weight excluding hydrogens is 438 g/mol. The smallest absolute Gasteiger partial charge is 0.337 e. The van der Waals surface area contributed by atoms with E-state index < -0.39 is 0 Å². The van der Waals surface area contributed by atoms with Gasteiger partial charge in [0.2, 0.25) is 0 Å². The molecule has 35 heavy (non-hydrogen) atoms. The van der Waals surface area contributed by atoms with Crippen molar-refractivity contribution in [3.63, 3.8) is 0 Å². The lowest BCUT2D eigenvalue weighted by Gasteiger charge is -2.51. The van der Waals surface area contributed by atoms with Crippen molar-refractivity contribution in [2.75, 3.05) is 39.2 Å². The Balaban J connectivity index is 1.43. The highest BCUT2D eigenvalue weighted by Gasteiger charge is 2.55. The second-order valence-corrected chi connectivity index (χ2v) is 10.8. The molecule has 2 aliphatic carbocycles. The zero-order valence-corrected chi connectivity index (χ0v) is 21.2. The Morgan fingerprint density at radius 2 is 1.66 bits per heavy atom. The van der Waals surface area contributed by atoms with Crippen LogP contribution in [0.1, 0.15) is 60.9 Å². The molecule has 186 valence electrons. The van der Waals surface area contributed by atoms with E-state index in [1.54, 1.807) is 12.1 Å². The number of hydrogen-bond donors (Lipinski definition) is 0. The lowest BCUT2D eigenvalue weighted by atomic mass is 9.68. The summed E-state index contributed by atoms with van der Waals surface area (Å²) in [6, 6.07) is 18.2. The molecule has 6 nitrogen and oxygen atoms in total. The molecule has 2 saturated carbocycles. The van der Waals surface area contributed by atoms with Crippen molar-refractivity contribution in [3.05, 3.63) is 65.7 Å². The third-order valence-electron chi connectivity index (χ3n) is 8.93. The van der Waals surface area contributed by atoms with Gasteiger partial charge in [0.1, 0.15) is 0 Å². The Morgan fingerprint density at radius 1 is 1.00 bits per heavy atom. The van der Waals surface area contributed by atoms with Crippen LogP contribution in [0.25, 0.3) is 0 Å². The molecule has 3 aliphatic rings. The van der Waals surface area contributed by atoms with E-state index in [0.717, 1.165) is 37.9 Å². The van der Waals surface area contributed by atoms with E-state index in [4.69, 9.17) is 4.74 Å². The summed E-state index contributed by atoms with van der Waals surface area (Å²) in [5.74, 6) is 0.257. The normalized spacial score (nSPS) is 26.9. The maximum absolute atomic E-state index is 13.8. The van der Waals surface area contributed by atoms with Crippen LogP contribution in [-0.4, -0.2) is 61.6 Å². The third kappa shape index (κ3) is 4.12. The molecule has 5 rings (SSSR count). The Kier molecular flexibility index (Phi) is 6.34. The summed E-state index contributed by atoms with van der Waals surface area (Å²) in [5.41, 5.74) is 2.56. The second-order valence-electron chi connectivity index (χ2n) is 10.8. The van der Waals surface area contributed by atoms with Crippen LogP contribution < -0.4 is 4.90 Å². The van der Waals surface area contributed by atoms with Gasteiger partial charge >= 0.3 is 12.0 Å². The van der Waals surface area contributed by atoms with Crippen LogP contribution in [0, 0.1) is 5.92 Å². The number of rotatable bonds is 6. The Morgan fingerprint density at radius 3 is 2.20 bits per heavy atom. The van der Waals surface area contributed by atoms with Crippen molar-refractivity contribution < 1.29 is 14.3 Å². The molecule has 0 unspecified atom stereocenters. The number of urea groups is 1. The van der Waals surface area contributed by atoms with Gasteiger partial charge in [0, 0.05) is 17.8 Å². The first-order chi connectivity index (χ1) is 16.9. The van der Waals surface area contributed by atoms with Crippen LogP contribution in [-0.2, 0) is 10.3 Å². The Labute approximate surface area is 208 Å². The van der Waals surface area contributed by atoms with Gasteiger partial charge in [0.15, 0.2) is 0 Å². The standard InChI is InChI=1S/C29H37N3O3/c1-30(2)29(24-10-5-4-6-11-24)18-16-28(17-19-29)21-31(27(34)32(28)20-22-8-7-9-22)25-14-12-23(13-15-25)26(33)35-3/h4-6,10-15,22H,7-9,16-21H2,1-3H3. The van der Waals surface area contributed by atoms with Crippen molar-refractivity contribution in [1.82, 2.24) is 9.80 Å². The number of hydrogen-bond acceptors (Lipinski definition) is 4. The number of ether oxygens (including phenoxy) is 1. The van der Waals surface area contributed by atoms with E-state index in [1.165, 1.54) is 31.9 Å². The molecule has 2 amide bonds. The van der Waals surface area contributed by atoms with Gasteiger partial charge in [-0.3, -0.25) is 9.80 Å². The summed E-state index contributed by atoms with van der Waals surface area (Å²) in [4.78, 5) is 32.3. The largest absolute Gasteiger partial charge is 0.465 e. The first-order valence-corrected chi connectivity index (χ1v) is 12.9. The molecule has 1 aliphatic heterocycles. The highest BCUT2D eigenvalue weighted by atomic mass is 16.5. The van der Waals surface area contributed by atoms with E-state index in [2.05, 4.69) is 54.2 Å². The monoisotopic (exact) mass is 475 g/mol. The number of nitrogens with zero attached hydrogens (tertiary/aromatic N) is 3. The third-order valence-corrected chi connectivity index (χ3v) is 8.93. The van der Waals surface area contributed by atoms with Crippen molar-refractivity contribution in [3.8, 4) is 0 Å². The molecule has 0 atom stereocenters. The van der Waals surface area contributed by atoms with Crippen LogP contribution in [0.4, 0.5) is 10.5 Å². The number of esters is 1. The van der Waals surface area contributed by atoms with E-state index in [1.807, 2.05) is 17.0 Å². The van der Waals surface area contributed by atoms with Gasteiger partial charge in [0.05, 0.1) is 24.8 Å². The van der Waals surface area contributed by atoms with Crippen LogP contribution >= 0.6 is 0 Å². The Hall–Kier alpha value is -2.86. The zero-order chi connectivity index (χ0) is 24.6. The molecule has 0 bridgehead atoms. The number of amides is 2. The quantitative estimate of drug-likeness (QED) is 0.533. The van der Waals surface area contributed by atoms with Gasteiger partial charge in [-0.15, -0.1) is 0 Å².